The summed E-state index contributed by atoms with van der Waals surface area (Å²) >= 11 is 7.21. The molecule has 134 valence electrons. The fraction of sp³-hybridized carbons (Fsp3) is 0.316. The third kappa shape index (κ3) is 3.20. The van der Waals surface area contributed by atoms with Crippen LogP contribution in [0.4, 0.5) is 5.13 Å². The first-order valence-electron chi connectivity index (χ1n) is 8.64. The van der Waals surface area contributed by atoms with Gasteiger partial charge in [-0.05, 0) is 12.6 Å². The van der Waals surface area contributed by atoms with Crippen LogP contribution in [0.5, 0.6) is 0 Å². The number of pyridine rings is 1. The number of hydrogen-bond acceptors (Lipinski definition) is 5. The van der Waals surface area contributed by atoms with Crippen LogP contribution in [0.1, 0.15) is 34.2 Å². The zero-order chi connectivity index (χ0) is 18.1. The number of aromatic nitrogens is 2. The normalized spacial score (nSPS) is 14.4. The Morgan fingerprint density at radius 3 is 2.96 bits per heavy atom. The van der Waals surface area contributed by atoms with E-state index in [1.807, 2.05) is 29.6 Å². The van der Waals surface area contributed by atoms with Crippen molar-refractivity contribution in [3.8, 4) is 0 Å². The van der Waals surface area contributed by atoms with Crippen molar-refractivity contribution in [1.29, 1.82) is 0 Å². The molecule has 1 amide bonds. The second kappa shape index (κ2) is 7.31. The summed E-state index contributed by atoms with van der Waals surface area (Å²) in [5.41, 5.74) is 4.40. The predicted molar refractivity (Wildman–Crippen MR) is 106 cm³/mol. The van der Waals surface area contributed by atoms with Gasteiger partial charge in [0.25, 0.3) is 5.91 Å². The van der Waals surface area contributed by atoms with Crippen LogP contribution in [0.3, 0.4) is 0 Å². The van der Waals surface area contributed by atoms with Gasteiger partial charge in [-0.15, -0.1) is 22.9 Å². The van der Waals surface area contributed by atoms with Gasteiger partial charge in [0.1, 0.15) is 0 Å². The van der Waals surface area contributed by atoms with Crippen molar-refractivity contribution in [3.05, 3.63) is 52.2 Å². The van der Waals surface area contributed by atoms with Gasteiger partial charge in [0.15, 0.2) is 5.13 Å². The van der Waals surface area contributed by atoms with Gasteiger partial charge in [-0.2, -0.15) is 0 Å². The number of fused-ring (bicyclic) bond motifs is 2. The van der Waals surface area contributed by atoms with E-state index in [9.17, 15) is 4.79 Å². The van der Waals surface area contributed by atoms with Crippen LogP contribution in [-0.4, -0.2) is 33.9 Å². The number of thiazole rings is 1. The van der Waals surface area contributed by atoms with Crippen LogP contribution in [0.25, 0.3) is 10.9 Å². The maximum absolute atomic E-state index is 13.2. The lowest BCUT2D eigenvalue weighted by Crippen LogP contribution is -2.33. The molecule has 3 heterocycles. The van der Waals surface area contributed by atoms with E-state index in [-0.39, 0.29) is 5.91 Å². The fourth-order valence-corrected chi connectivity index (χ4v) is 4.29. The van der Waals surface area contributed by atoms with E-state index >= 15 is 0 Å². The van der Waals surface area contributed by atoms with E-state index < -0.39 is 0 Å². The highest BCUT2D eigenvalue weighted by atomic mass is 35.5. The van der Waals surface area contributed by atoms with Crippen molar-refractivity contribution in [2.24, 2.45) is 0 Å². The third-order valence-electron chi connectivity index (χ3n) is 4.71. The molecule has 3 aromatic rings. The maximum Gasteiger partial charge on any atom is 0.258 e. The van der Waals surface area contributed by atoms with Gasteiger partial charge in [-0.3, -0.25) is 20.0 Å². The molecule has 5 nitrogen and oxygen atoms in total. The van der Waals surface area contributed by atoms with E-state index in [1.54, 1.807) is 0 Å². The lowest BCUT2D eigenvalue weighted by molar-refractivity contribution is 0.102. The number of carbonyl (C=O) groups is 1. The van der Waals surface area contributed by atoms with Crippen molar-refractivity contribution in [3.63, 3.8) is 0 Å². The number of alkyl halides is 1. The monoisotopic (exact) mass is 386 g/mol. The molecule has 7 heteroatoms. The molecule has 0 fully saturated rings. The Morgan fingerprint density at radius 2 is 2.19 bits per heavy atom. The molecule has 0 saturated heterocycles. The zero-order valence-corrected chi connectivity index (χ0v) is 16.0. The second-order valence-electron chi connectivity index (χ2n) is 6.28. The van der Waals surface area contributed by atoms with E-state index in [4.69, 9.17) is 16.6 Å². The topological polar surface area (TPSA) is 58.1 Å². The van der Waals surface area contributed by atoms with Crippen molar-refractivity contribution >= 4 is 44.9 Å². The maximum atomic E-state index is 13.2. The number of halogens is 1. The molecular weight excluding hydrogens is 368 g/mol. The molecule has 0 radical (unpaired) electrons. The van der Waals surface area contributed by atoms with Crippen LogP contribution in [0.2, 0.25) is 0 Å². The number of rotatable bonds is 4. The molecule has 0 aliphatic carbocycles. The van der Waals surface area contributed by atoms with E-state index in [0.29, 0.717) is 16.6 Å². The molecule has 0 bridgehead atoms. The molecule has 0 atom stereocenters. The first kappa shape index (κ1) is 17.4. The minimum Gasteiger partial charge on any atom is -0.299 e. The van der Waals surface area contributed by atoms with Crippen molar-refractivity contribution in [2.45, 2.75) is 25.8 Å². The number of benzene rings is 1. The van der Waals surface area contributed by atoms with E-state index in [2.05, 4.69) is 22.1 Å². The first-order chi connectivity index (χ1) is 12.7. The summed E-state index contributed by atoms with van der Waals surface area (Å²) in [6.07, 6.45) is 0.863. The Morgan fingerprint density at radius 1 is 1.35 bits per heavy atom. The number of para-hydroxylation sites is 1. The van der Waals surface area contributed by atoms with Gasteiger partial charge < -0.3 is 0 Å². The number of likely N-dealkylation sites (N-methyl/N-ethyl adjacent to an activating group) is 1. The predicted octanol–water partition coefficient (Wildman–Crippen LogP) is 4.06. The SMILES string of the molecule is CCN1CCc2nc3ccccc3c(C(=O)Nc3nc(CCl)cs3)c2C1. The lowest BCUT2D eigenvalue weighted by atomic mass is 9.95. The summed E-state index contributed by atoms with van der Waals surface area (Å²) in [6, 6.07) is 7.84. The standard InChI is InChI=1S/C19H19ClN4OS/c1-2-24-8-7-16-14(10-24)17(13-5-3-4-6-15(13)22-16)18(25)23-19-21-12(9-20)11-26-19/h3-6,11H,2,7-10H2,1H3,(H,21,23,25). The molecule has 0 saturated carbocycles. The minimum atomic E-state index is -0.131. The summed E-state index contributed by atoms with van der Waals surface area (Å²) < 4.78 is 0. The van der Waals surface area contributed by atoms with Gasteiger partial charge >= 0.3 is 0 Å². The Hall–Kier alpha value is -2.02. The largest absolute Gasteiger partial charge is 0.299 e. The molecular formula is C19H19ClN4OS. The molecule has 1 aromatic carbocycles. The smallest absolute Gasteiger partial charge is 0.258 e. The summed E-state index contributed by atoms with van der Waals surface area (Å²) in [4.78, 5) is 24.7. The summed E-state index contributed by atoms with van der Waals surface area (Å²) in [5, 5.41) is 6.27. The van der Waals surface area contributed by atoms with Gasteiger partial charge in [0, 0.05) is 41.5 Å². The Labute approximate surface area is 161 Å². The number of nitrogens with one attached hydrogen (secondary N) is 1. The minimum absolute atomic E-state index is 0.131. The van der Waals surface area contributed by atoms with E-state index in [0.717, 1.165) is 53.9 Å². The Balaban J connectivity index is 1.80. The van der Waals surface area contributed by atoms with Crippen molar-refractivity contribution in [1.82, 2.24) is 14.9 Å². The molecule has 2 aromatic heterocycles. The Bertz CT molecular complexity index is 971. The molecule has 0 spiro atoms. The Kier molecular flexibility index (Phi) is 4.89. The second-order valence-corrected chi connectivity index (χ2v) is 7.41. The number of amides is 1. The number of hydrogen-bond donors (Lipinski definition) is 1. The fourth-order valence-electron chi connectivity index (χ4n) is 3.36. The summed E-state index contributed by atoms with van der Waals surface area (Å²) in [5.74, 6) is 0.207. The van der Waals surface area contributed by atoms with Gasteiger partial charge in [0.2, 0.25) is 0 Å². The molecule has 1 aliphatic heterocycles. The molecule has 1 N–H and O–H groups in total. The van der Waals surface area contributed by atoms with Crippen LogP contribution < -0.4 is 5.32 Å². The quantitative estimate of drug-likeness (QED) is 0.687. The van der Waals surface area contributed by atoms with Crippen LogP contribution in [0, 0.1) is 0 Å². The molecule has 26 heavy (non-hydrogen) atoms. The average Bonchev–Trinajstić information content (AvgIpc) is 3.13. The van der Waals surface area contributed by atoms with Crippen LogP contribution >= 0.6 is 22.9 Å². The molecule has 4 rings (SSSR count). The van der Waals surface area contributed by atoms with Crippen molar-refractivity contribution < 1.29 is 4.79 Å². The van der Waals surface area contributed by atoms with E-state index in [1.165, 1.54) is 11.3 Å². The molecule has 1 aliphatic rings. The van der Waals surface area contributed by atoms with Crippen LogP contribution in [-0.2, 0) is 18.8 Å². The summed E-state index contributed by atoms with van der Waals surface area (Å²) in [6.45, 7) is 4.82. The zero-order valence-electron chi connectivity index (χ0n) is 14.5. The molecule has 0 unspecified atom stereocenters. The highest BCUT2D eigenvalue weighted by Crippen LogP contribution is 2.29. The van der Waals surface area contributed by atoms with Crippen LogP contribution in [0.15, 0.2) is 29.6 Å². The average molecular weight is 387 g/mol. The van der Waals surface area contributed by atoms with Crippen molar-refractivity contribution in [2.75, 3.05) is 18.4 Å². The first-order valence-corrected chi connectivity index (χ1v) is 10.1. The lowest BCUT2D eigenvalue weighted by Gasteiger charge is -2.29. The highest BCUT2D eigenvalue weighted by molar-refractivity contribution is 7.14. The van der Waals surface area contributed by atoms with Gasteiger partial charge in [-0.1, -0.05) is 25.1 Å². The summed E-state index contributed by atoms with van der Waals surface area (Å²) in [7, 11) is 0. The third-order valence-corrected chi connectivity index (χ3v) is 5.79. The van der Waals surface area contributed by atoms with Gasteiger partial charge in [0.05, 0.1) is 22.7 Å². The van der Waals surface area contributed by atoms with Gasteiger partial charge in [-0.25, -0.2) is 4.98 Å². The number of nitrogens with zero attached hydrogens (tertiary/aromatic N) is 3. The number of anilines is 1. The highest BCUT2D eigenvalue weighted by Gasteiger charge is 2.25. The number of carbonyl (C=O) groups excluding carboxylic acids is 1.